The molecule has 1 heterocycles. The lowest BCUT2D eigenvalue weighted by molar-refractivity contribution is 0.0982. The fraction of sp³-hybridized carbons (Fsp3) is 0.312. The molecule has 1 aromatic heterocycles. The van der Waals surface area contributed by atoms with Gasteiger partial charge in [-0.25, -0.2) is 0 Å². The Morgan fingerprint density at radius 1 is 1.26 bits per heavy atom. The Bertz CT molecular complexity index is 517. The van der Waals surface area contributed by atoms with Crippen molar-refractivity contribution in [2.75, 3.05) is 6.61 Å². The summed E-state index contributed by atoms with van der Waals surface area (Å²) in [5.41, 5.74) is 0.741. The number of aryl methyl sites for hydroxylation is 1. The predicted octanol–water partition coefficient (Wildman–Crippen LogP) is 4.35. The monoisotopic (exact) mass is 274 g/mol. The summed E-state index contributed by atoms with van der Waals surface area (Å²) >= 11 is 1.70. The molecule has 2 rings (SSSR count). The molecule has 0 saturated heterocycles. The van der Waals surface area contributed by atoms with E-state index in [1.807, 2.05) is 35.7 Å². The lowest BCUT2D eigenvalue weighted by Crippen LogP contribution is -2.02. The highest BCUT2D eigenvalue weighted by atomic mass is 32.1. The van der Waals surface area contributed by atoms with E-state index in [0.29, 0.717) is 13.0 Å². The van der Waals surface area contributed by atoms with Crippen molar-refractivity contribution in [3.05, 3.63) is 52.2 Å². The van der Waals surface area contributed by atoms with Gasteiger partial charge in [-0.15, -0.1) is 11.3 Å². The fourth-order valence-electron chi connectivity index (χ4n) is 1.82. The zero-order chi connectivity index (χ0) is 13.5. The first kappa shape index (κ1) is 13.8. The van der Waals surface area contributed by atoms with Gasteiger partial charge in [0.2, 0.25) is 0 Å². The van der Waals surface area contributed by atoms with E-state index in [1.54, 1.807) is 11.3 Å². The second-order valence-corrected chi connectivity index (χ2v) is 5.41. The van der Waals surface area contributed by atoms with Gasteiger partial charge in [-0.05, 0) is 36.4 Å². The van der Waals surface area contributed by atoms with Gasteiger partial charge in [0.05, 0.1) is 6.61 Å². The summed E-state index contributed by atoms with van der Waals surface area (Å²) in [6, 6.07) is 11.6. The third-order valence-electron chi connectivity index (χ3n) is 2.81. The number of benzene rings is 1. The Morgan fingerprint density at radius 2 is 2.16 bits per heavy atom. The highest BCUT2D eigenvalue weighted by Gasteiger charge is 2.07. The van der Waals surface area contributed by atoms with Crippen molar-refractivity contribution < 1.29 is 9.53 Å². The van der Waals surface area contributed by atoms with E-state index in [-0.39, 0.29) is 5.78 Å². The molecule has 0 saturated carbocycles. The molecule has 0 bridgehead atoms. The number of carbonyl (C=O) groups is 1. The smallest absolute Gasteiger partial charge is 0.163 e. The number of ketones is 1. The zero-order valence-corrected chi connectivity index (χ0v) is 11.9. The molecule has 0 amide bonds. The minimum absolute atomic E-state index is 0.176. The van der Waals surface area contributed by atoms with Gasteiger partial charge in [-0.3, -0.25) is 4.79 Å². The Kier molecular flexibility index (Phi) is 5.16. The van der Waals surface area contributed by atoms with Crippen LogP contribution in [0.4, 0.5) is 0 Å². The average molecular weight is 274 g/mol. The third kappa shape index (κ3) is 4.21. The number of rotatable bonds is 7. The SMILES string of the molecule is CCCOc1cccc(C(=O)CCc2cccs2)c1. The van der Waals surface area contributed by atoms with Crippen molar-refractivity contribution in [2.45, 2.75) is 26.2 Å². The molecule has 0 aliphatic rings. The molecule has 3 heteroatoms. The second-order valence-electron chi connectivity index (χ2n) is 4.38. The Labute approximate surface area is 118 Å². The number of Topliss-reactive ketones (excluding diaryl/α,β-unsaturated/α-hetero) is 1. The van der Waals surface area contributed by atoms with Crippen LogP contribution in [-0.2, 0) is 6.42 Å². The molecule has 19 heavy (non-hydrogen) atoms. The number of hydrogen-bond donors (Lipinski definition) is 0. The summed E-state index contributed by atoms with van der Waals surface area (Å²) in [7, 11) is 0. The molecule has 0 N–H and O–H groups in total. The molecule has 100 valence electrons. The minimum atomic E-state index is 0.176. The predicted molar refractivity (Wildman–Crippen MR) is 79.2 cm³/mol. The van der Waals surface area contributed by atoms with Gasteiger partial charge in [0.15, 0.2) is 5.78 Å². The molecule has 0 spiro atoms. The van der Waals surface area contributed by atoms with Crippen LogP contribution in [0.25, 0.3) is 0 Å². The molecule has 0 fully saturated rings. The molecule has 0 radical (unpaired) electrons. The first-order valence-electron chi connectivity index (χ1n) is 6.58. The Hall–Kier alpha value is -1.61. The van der Waals surface area contributed by atoms with Gasteiger partial charge in [0.1, 0.15) is 5.75 Å². The van der Waals surface area contributed by atoms with Gasteiger partial charge < -0.3 is 4.74 Å². The molecule has 0 aliphatic carbocycles. The average Bonchev–Trinajstić information content (AvgIpc) is 2.96. The van der Waals surface area contributed by atoms with Crippen LogP contribution in [0.2, 0.25) is 0 Å². The van der Waals surface area contributed by atoms with Crippen LogP contribution in [-0.4, -0.2) is 12.4 Å². The second kappa shape index (κ2) is 7.10. The van der Waals surface area contributed by atoms with Crippen LogP contribution in [0.1, 0.15) is 35.0 Å². The fourth-order valence-corrected chi connectivity index (χ4v) is 2.52. The van der Waals surface area contributed by atoms with E-state index in [4.69, 9.17) is 4.74 Å². The molecule has 0 unspecified atom stereocenters. The summed E-state index contributed by atoms with van der Waals surface area (Å²) in [6.07, 6.45) is 2.34. The molecule has 0 aliphatic heterocycles. The van der Waals surface area contributed by atoms with Crippen LogP contribution in [0, 0.1) is 0 Å². The zero-order valence-electron chi connectivity index (χ0n) is 11.1. The van der Waals surface area contributed by atoms with Crippen LogP contribution in [0.3, 0.4) is 0 Å². The van der Waals surface area contributed by atoms with E-state index in [1.165, 1.54) is 4.88 Å². The lowest BCUT2D eigenvalue weighted by atomic mass is 10.1. The van der Waals surface area contributed by atoms with Crippen molar-refractivity contribution in [3.8, 4) is 5.75 Å². The van der Waals surface area contributed by atoms with Gasteiger partial charge in [-0.2, -0.15) is 0 Å². The van der Waals surface area contributed by atoms with E-state index in [0.717, 1.165) is 24.2 Å². The highest BCUT2D eigenvalue weighted by molar-refractivity contribution is 7.09. The van der Waals surface area contributed by atoms with Crippen molar-refractivity contribution in [2.24, 2.45) is 0 Å². The molecule has 1 aromatic carbocycles. The van der Waals surface area contributed by atoms with E-state index < -0.39 is 0 Å². The van der Waals surface area contributed by atoms with E-state index >= 15 is 0 Å². The van der Waals surface area contributed by atoms with Crippen molar-refractivity contribution in [3.63, 3.8) is 0 Å². The van der Waals surface area contributed by atoms with Gasteiger partial charge in [0.25, 0.3) is 0 Å². The summed E-state index contributed by atoms with van der Waals surface area (Å²) < 4.78 is 5.55. The quantitative estimate of drug-likeness (QED) is 0.701. The van der Waals surface area contributed by atoms with Gasteiger partial charge >= 0.3 is 0 Å². The number of hydrogen-bond acceptors (Lipinski definition) is 3. The third-order valence-corrected chi connectivity index (χ3v) is 3.74. The van der Waals surface area contributed by atoms with E-state index in [9.17, 15) is 4.79 Å². The molecule has 0 atom stereocenters. The Morgan fingerprint density at radius 3 is 2.89 bits per heavy atom. The van der Waals surface area contributed by atoms with Crippen molar-refractivity contribution in [1.29, 1.82) is 0 Å². The molecular weight excluding hydrogens is 256 g/mol. The molecule has 2 aromatic rings. The highest BCUT2D eigenvalue weighted by Crippen LogP contribution is 2.17. The first-order chi connectivity index (χ1) is 9.29. The number of thiophene rings is 1. The summed E-state index contributed by atoms with van der Waals surface area (Å²) in [5.74, 6) is 0.958. The molecular formula is C16H18O2S. The number of carbonyl (C=O) groups excluding carboxylic acids is 1. The summed E-state index contributed by atoms with van der Waals surface area (Å²) in [4.78, 5) is 13.4. The van der Waals surface area contributed by atoms with E-state index in [2.05, 4.69) is 13.0 Å². The maximum Gasteiger partial charge on any atom is 0.163 e. The number of ether oxygens (including phenoxy) is 1. The van der Waals surface area contributed by atoms with Crippen LogP contribution >= 0.6 is 11.3 Å². The summed E-state index contributed by atoms with van der Waals surface area (Å²) in [6.45, 7) is 2.75. The lowest BCUT2D eigenvalue weighted by Gasteiger charge is -2.06. The van der Waals surface area contributed by atoms with Gasteiger partial charge in [0, 0.05) is 16.9 Å². The standard InChI is InChI=1S/C16H18O2S/c1-2-10-18-14-6-3-5-13(12-14)16(17)9-8-15-7-4-11-19-15/h3-7,11-12H,2,8-10H2,1H3. The summed E-state index contributed by atoms with van der Waals surface area (Å²) in [5, 5.41) is 2.04. The topological polar surface area (TPSA) is 26.3 Å². The first-order valence-corrected chi connectivity index (χ1v) is 7.46. The van der Waals surface area contributed by atoms with Crippen molar-refractivity contribution in [1.82, 2.24) is 0 Å². The molecule has 2 nitrogen and oxygen atoms in total. The van der Waals surface area contributed by atoms with Gasteiger partial charge in [-0.1, -0.05) is 25.1 Å². The maximum absolute atomic E-state index is 12.1. The maximum atomic E-state index is 12.1. The van der Waals surface area contributed by atoms with Crippen molar-refractivity contribution >= 4 is 17.1 Å². The minimum Gasteiger partial charge on any atom is -0.494 e. The van der Waals surface area contributed by atoms with Crippen LogP contribution in [0.15, 0.2) is 41.8 Å². The van der Waals surface area contributed by atoms with Crippen LogP contribution in [0.5, 0.6) is 5.75 Å². The Balaban J connectivity index is 1.94. The van der Waals surface area contributed by atoms with Crippen LogP contribution < -0.4 is 4.74 Å². The normalized spacial score (nSPS) is 10.4. The largest absolute Gasteiger partial charge is 0.494 e.